The SMILES string of the molecule is CCCCOc1ccc2c(O)cc(=O)n(C)c2c1. The molecule has 0 radical (unpaired) electrons. The molecule has 0 unspecified atom stereocenters. The van der Waals surface area contributed by atoms with Gasteiger partial charge in [-0.05, 0) is 18.6 Å². The Balaban J connectivity index is 2.44. The minimum atomic E-state index is -0.231. The maximum atomic E-state index is 11.6. The third kappa shape index (κ3) is 2.32. The Bertz CT molecular complexity index is 616. The Morgan fingerprint density at radius 1 is 1.33 bits per heavy atom. The summed E-state index contributed by atoms with van der Waals surface area (Å²) in [6, 6.07) is 6.58. The first-order valence-corrected chi connectivity index (χ1v) is 6.09. The van der Waals surface area contributed by atoms with Crippen LogP contribution in [0.2, 0.25) is 0 Å². The van der Waals surface area contributed by atoms with Gasteiger partial charge in [-0.3, -0.25) is 4.79 Å². The van der Waals surface area contributed by atoms with E-state index >= 15 is 0 Å². The van der Waals surface area contributed by atoms with E-state index in [9.17, 15) is 9.90 Å². The summed E-state index contributed by atoms with van der Waals surface area (Å²) < 4.78 is 7.09. The van der Waals surface area contributed by atoms with Gasteiger partial charge in [0.2, 0.25) is 0 Å². The van der Waals surface area contributed by atoms with Gasteiger partial charge in [0, 0.05) is 24.6 Å². The zero-order chi connectivity index (χ0) is 13.1. The second-order valence-electron chi connectivity index (χ2n) is 4.31. The highest BCUT2D eigenvalue weighted by atomic mass is 16.5. The van der Waals surface area contributed by atoms with Gasteiger partial charge < -0.3 is 14.4 Å². The summed E-state index contributed by atoms with van der Waals surface area (Å²) in [5.74, 6) is 0.727. The largest absolute Gasteiger partial charge is 0.507 e. The van der Waals surface area contributed by atoms with Crippen molar-refractivity contribution in [1.82, 2.24) is 4.57 Å². The lowest BCUT2D eigenvalue weighted by Crippen LogP contribution is -2.15. The number of benzene rings is 1. The molecule has 1 N–H and O–H groups in total. The van der Waals surface area contributed by atoms with E-state index in [0.29, 0.717) is 17.5 Å². The Kier molecular flexibility index (Phi) is 3.55. The first-order valence-electron chi connectivity index (χ1n) is 6.09. The van der Waals surface area contributed by atoms with Crippen LogP contribution in [0.25, 0.3) is 10.9 Å². The lowest BCUT2D eigenvalue weighted by atomic mass is 10.2. The highest BCUT2D eigenvalue weighted by Gasteiger charge is 2.06. The van der Waals surface area contributed by atoms with Gasteiger partial charge in [0.25, 0.3) is 5.56 Å². The van der Waals surface area contributed by atoms with Crippen LogP contribution in [0, 0.1) is 0 Å². The van der Waals surface area contributed by atoms with Crippen LogP contribution in [-0.4, -0.2) is 16.3 Å². The van der Waals surface area contributed by atoms with Crippen LogP contribution < -0.4 is 10.3 Å². The standard InChI is InChI=1S/C14H17NO3/c1-3-4-7-18-10-5-6-11-12(8-10)15(2)14(17)9-13(11)16/h5-6,8-9,16H,3-4,7H2,1-2H3. The fourth-order valence-corrected chi connectivity index (χ4v) is 1.84. The quantitative estimate of drug-likeness (QED) is 0.844. The Morgan fingerprint density at radius 3 is 2.83 bits per heavy atom. The van der Waals surface area contributed by atoms with E-state index in [4.69, 9.17) is 4.74 Å². The zero-order valence-corrected chi connectivity index (χ0v) is 10.6. The summed E-state index contributed by atoms with van der Waals surface area (Å²) in [7, 11) is 1.68. The van der Waals surface area contributed by atoms with Crippen LogP contribution in [-0.2, 0) is 7.05 Å². The number of hydrogen-bond donors (Lipinski definition) is 1. The molecular weight excluding hydrogens is 230 g/mol. The molecule has 0 fully saturated rings. The fraction of sp³-hybridized carbons (Fsp3) is 0.357. The molecule has 1 aromatic heterocycles. The molecule has 0 aliphatic carbocycles. The number of hydrogen-bond acceptors (Lipinski definition) is 3. The molecule has 2 rings (SSSR count). The van der Waals surface area contributed by atoms with Crippen molar-refractivity contribution < 1.29 is 9.84 Å². The smallest absolute Gasteiger partial charge is 0.254 e. The van der Waals surface area contributed by atoms with Crippen molar-refractivity contribution in [1.29, 1.82) is 0 Å². The van der Waals surface area contributed by atoms with Crippen LogP contribution >= 0.6 is 0 Å². The van der Waals surface area contributed by atoms with Crippen molar-refractivity contribution in [2.45, 2.75) is 19.8 Å². The topological polar surface area (TPSA) is 51.5 Å². The van der Waals surface area contributed by atoms with Gasteiger partial charge in [0.1, 0.15) is 11.5 Å². The van der Waals surface area contributed by atoms with E-state index in [1.165, 1.54) is 10.6 Å². The summed E-state index contributed by atoms with van der Waals surface area (Å²) in [4.78, 5) is 11.6. The van der Waals surface area contributed by atoms with E-state index < -0.39 is 0 Å². The van der Waals surface area contributed by atoms with E-state index in [-0.39, 0.29) is 11.3 Å². The van der Waals surface area contributed by atoms with Crippen LogP contribution in [0.3, 0.4) is 0 Å². The number of rotatable bonds is 4. The fourth-order valence-electron chi connectivity index (χ4n) is 1.84. The van der Waals surface area contributed by atoms with Crippen molar-refractivity contribution in [3.63, 3.8) is 0 Å². The van der Waals surface area contributed by atoms with Gasteiger partial charge in [-0.1, -0.05) is 13.3 Å². The molecule has 4 nitrogen and oxygen atoms in total. The molecule has 0 saturated carbocycles. The maximum absolute atomic E-state index is 11.6. The molecule has 0 atom stereocenters. The molecule has 1 heterocycles. The number of aryl methyl sites for hydroxylation is 1. The highest BCUT2D eigenvalue weighted by molar-refractivity contribution is 5.86. The molecule has 0 spiro atoms. The summed E-state index contributed by atoms with van der Waals surface area (Å²) in [5.41, 5.74) is 0.444. The molecule has 18 heavy (non-hydrogen) atoms. The Morgan fingerprint density at radius 2 is 2.11 bits per heavy atom. The molecule has 0 aliphatic heterocycles. The van der Waals surface area contributed by atoms with Crippen LogP contribution in [0.15, 0.2) is 29.1 Å². The van der Waals surface area contributed by atoms with Gasteiger partial charge in [-0.15, -0.1) is 0 Å². The normalized spacial score (nSPS) is 10.8. The van der Waals surface area contributed by atoms with E-state index in [1.807, 2.05) is 6.07 Å². The molecule has 1 aromatic carbocycles. The number of nitrogens with zero attached hydrogens (tertiary/aromatic N) is 1. The lowest BCUT2D eigenvalue weighted by molar-refractivity contribution is 0.309. The van der Waals surface area contributed by atoms with Crippen molar-refractivity contribution in [3.8, 4) is 11.5 Å². The van der Waals surface area contributed by atoms with Gasteiger partial charge in [-0.2, -0.15) is 0 Å². The number of aromatic nitrogens is 1. The zero-order valence-electron chi connectivity index (χ0n) is 10.6. The van der Waals surface area contributed by atoms with E-state index in [0.717, 1.165) is 18.6 Å². The number of fused-ring (bicyclic) bond motifs is 1. The molecule has 0 aliphatic rings. The highest BCUT2D eigenvalue weighted by Crippen LogP contribution is 2.25. The third-order valence-electron chi connectivity index (χ3n) is 2.96. The average Bonchev–Trinajstić information content (AvgIpc) is 2.36. The molecule has 2 aromatic rings. The first kappa shape index (κ1) is 12.5. The number of unbranched alkanes of at least 4 members (excludes halogenated alkanes) is 1. The lowest BCUT2D eigenvalue weighted by Gasteiger charge is -2.10. The van der Waals surface area contributed by atoms with Crippen molar-refractivity contribution in [3.05, 3.63) is 34.6 Å². The van der Waals surface area contributed by atoms with Crippen molar-refractivity contribution in [2.24, 2.45) is 7.05 Å². The third-order valence-corrected chi connectivity index (χ3v) is 2.96. The molecule has 0 saturated heterocycles. The summed E-state index contributed by atoms with van der Waals surface area (Å²) in [5, 5.41) is 10.4. The summed E-state index contributed by atoms with van der Waals surface area (Å²) >= 11 is 0. The van der Waals surface area contributed by atoms with Gasteiger partial charge in [-0.25, -0.2) is 0 Å². The number of ether oxygens (including phenoxy) is 1. The Labute approximate surface area is 105 Å². The van der Waals surface area contributed by atoms with E-state index in [1.54, 1.807) is 19.2 Å². The predicted molar refractivity (Wildman–Crippen MR) is 71.3 cm³/mol. The van der Waals surface area contributed by atoms with Crippen molar-refractivity contribution >= 4 is 10.9 Å². The maximum Gasteiger partial charge on any atom is 0.254 e. The number of pyridine rings is 1. The monoisotopic (exact) mass is 247 g/mol. The molecule has 96 valence electrons. The van der Waals surface area contributed by atoms with Crippen molar-refractivity contribution in [2.75, 3.05) is 6.61 Å². The molecular formula is C14H17NO3. The van der Waals surface area contributed by atoms with E-state index in [2.05, 4.69) is 6.92 Å². The van der Waals surface area contributed by atoms with Gasteiger partial charge in [0.05, 0.1) is 12.1 Å². The molecule has 4 heteroatoms. The number of aromatic hydroxyl groups is 1. The summed E-state index contributed by atoms with van der Waals surface area (Å²) in [6.07, 6.45) is 2.07. The first-order chi connectivity index (χ1) is 8.63. The Hall–Kier alpha value is -1.97. The second kappa shape index (κ2) is 5.12. The summed E-state index contributed by atoms with van der Waals surface area (Å²) in [6.45, 7) is 2.76. The van der Waals surface area contributed by atoms with Crippen LogP contribution in [0.5, 0.6) is 11.5 Å². The van der Waals surface area contributed by atoms with Gasteiger partial charge in [0.15, 0.2) is 0 Å². The minimum Gasteiger partial charge on any atom is -0.507 e. The molecule has 0 bridgehead atoms. The van der Waals surface area contributed by atoms with Gasteiger partial charge >= 0.3 is 0 Å². The average molecular weight is 247 g/mol. The minimum absolute atomic E-state index is 0.00760. The van der Waals surface area contributed by atoms with Crippen LogP contribution in [0.1, 0.15) is 19.8 Å². The molecule has 0 amide bonds. The van der Waals surface area contributed by atoms with Crippen LogP contribution in [0.4, 0.5) is 0 Å². The second-order valence-corrected chi connectivity index (χ2v) is 4.31. The predicted octanol–water partition coefficient (Wildman–Crippen LogP) is 2.42.